The molecule has 182 valence electrons. The summed E-state index contributed by atoms with van der Waals surface area (Å²) < 4.78 is 37.7. The number of halogens is 1. The number of hydrogen-bond donors (Lipinski definition) is 1. The number of carbonyl (C=O) groups is 1. The van der Waals surface area contributed by atoms with Gasteiger partial charge in [-0.25, -0.2) is 8.42 Å². The second kappa shape index (κ2) is 11.1. The Bertz CT molecular complexity index is 1070. The Morgan fingerprint density at radius 1 is 1.15 bits per heavy atom. The van der Waals surface area contributed by atoms with Crippen LogP contribution in [0.5, 0.6) is 11.5 Å². The van der Waals surface area contributed by atoms with E-state index in [1.54, 1.807) is 19.1 Å². The van der Waals surface area contributed by atoms with Crippen LogP contribution in [-0.4, -0.2) is 46.9 Å². The first-order valence-corrected chi connectivity index (χ1v) is 13.0. The highest BCUT2D eigenvalue weighted by molar-refractivity contribution is 7.92. The van der Waals surface area contributed by atoms with Crippen molar-refractivity contribution in [1.82, 2.24) is 5.32 Å². The number of hydrogen-bond acceptors (Lipinski definition) is 5. The lowest BCUT2D eigenvalue weighted by Gasteiger charge is -2.31. The summed E-state index contributed by atoms with van der Waals surface area (Å²) in [4.78, 5) is 13.0. The molecule has 2 aromatic rings. The standard InChI is InChI=1S/C24H33ClN2O5S/c1-7-19(27(33(6,29)30)20-16-17(25)12-13-22(20)31-5)23(28)26-14-15-32-21-11-9-8-10-18(21)24(2,3)4/h8-13,16,19H,7,14-15H2,1-6H3,(H,26,28). The van der Waals surface area contributed by atoms with Crippen molar-refractivity contribution in [2.45, 2.75) is 45.6 Å². The zero-order chi connectivity index (χ0) is 24.8. The molecule has 7 nitrogen and oxygen atoms in total. The zero-order valence-corrected chi connectivity index (χ0v) is 21.6. The van der Waals surface area contributed by atoms with Crippen molar-refractivity contribution in [3.8, 4) is 11.5 Å². The number of anilines is 1. The van der Waals surface area contributed by atoms with E-state index in [2.05, 4.69) is 26.1 Å². The van der Waals surface area contributed by atoms with Crippen molar-refractivity contribution < 1.29 is 22.7 Å². The van der Waals surface area contributed by atoms with Crippen LogP contribution in [0, 0.1) is 0 Å². The van der Waals surface area contributed by atoms with Crippen molar-refractivity contribution in [1.29, 1.82) is 0 Å². The van der Waals surface area contributed by atoms with Gasteiger partial charge in [-0.3, -0.25) is 9.10 Å². The lowest BCUT2D eigenvalue weighted by atomic mass is 9.86. The van der Waals surface area contributed by atoms with Gasteiger partial charge in [-0.05, 0) is 41.7 Å². The second-order valence-electron chi connectivity index (χ2n) is 8.68. The maximum atomic E-state index is 13.0. The number of nitrogens with one attached hydrogen (secondary N) is 1. The van der Waals surface area contributed by atoms with Gasteiger partial charge in [0, 0.05) is 5.02 Å². The Morgan fingerprint density at radius 3 is 2.39 bits per heavy atom. The molecule has 2 aromatic carbocycles. The molecular formula is C24H33ClN2O5S. The first kappa shape index (κ1) is 26.8. The molecule has 0 aliphatic carbocycles. The van der Waals surface area contributed by atoms with E-state index < -0.39 is 22.0 Å². The summed E-state index contributed by atoms with van der Waals surface area (Å²) in [6.45, 7) is 8.52. The van der Waals surface area contributed by atoms with Crippen LogP contribution in [0.25, 0.3) is 0 Å². The number of ether oxygens (including phenoxy) is 2. The normalized spacial score (nSPS) is 12.7. The van der Waals surface area contributed by atoms with Crippen molar-refractivity contribution in [2.75, 3.05) is 30.8 Å². The van der Waals surface area contributed by atoms with E-state index in [1.807, 2.05) is 24.3 Å². The fraction of sp³-hybridized carbons (Fsp3) is 0.458. The first-order chi connectivity index (χ1) is 15.4. The van der Waals surface area contributed by atoms with Crippen LogP contribution in [0.4, 0.5) is 5.69 Å². The van der Waals surface area contributed by atoms with Crippen LogP contribution in [0.3, 0.4) is 0 Å². The Kier molecular flexibility index (Phi) is 9.03. The predicted octanol–water partition coefficient (Wildman–Crippen LogP) is 4.39. The van der Waals surface area contributed by atoms with E-state index in [1.165, 1.54) is 13.2 Å². The third-order valence-corrected chi connectivity index (χ3v) is 6.46. The van der Waals surface area contributed by atoms with E-state index in [0.29, 0.717) is 10.8 Å². The summed E-state index contributed by atoms with van der Waals surface area (Å²) in [6, 6.07) is 11.4. The average molecular weight is 497 g/mol. The van der Waals surface area contributed by atoms with Gasteiger partial charge in [0.25, 0.3) is 0 Å². The van der Waals surface area contributed by atoms with Crippen LogP contribution in [0.2, 0.25) is 5.02 Å². The minimum absolute atomic E-state index is 0.0842. The van der Waals surface area contributed by atoms with Crippen LogP contribution in [-0.2, 0) is 20.2 Å². The molecule has 2 rings (SSSR count). The molecule has 1 unspecified atom stereocenters. The van der Waals surface area contributed by atoms with Gasteiger partial charge in [0.1, 0.15) is 24.1 Å². The summed E-state index contributed by atoms with van der Waals surface area (Å²) in [5.74, 6) is 0.628. The molecule has 0 saturated heterocycles. The summed E-state index contributed by atoms with van der Waals surface area (Å²) >= 11 is 6.11. The van der Waals surface area contributed by atoms with Gasteiger partial charge < -0.3 is 14.8 Å². The van der Waals surface area contributed by atoms with Crippen molar-refractivity contribution in [3.05, 3.63) is 53.1 Å². The third kappa shape index (κ3) is 7.01. The molecule has 1 N–H and O–H groups in total. The number of nitrogens with zero attached hydrogens (tertiary/aromatic N) is 1. The van der Waals surface area contributed by atoms with Crippen LogP contribution >= 0.6 is 11.6 Å². The summed E-state index contributed by atoms with van der Waals surface area (Å²) in [7, 11) is -2.39. The van der Waals surface area contributed by atoms with E-state index in [4.69, 9.17) is 21.1 Å². The van der Waals surface area contributed by atoms with Gasteiger partial charge in [-0.15, -0.1) is 0 Å². The van der Waals surface area contributed by atoms with E-state index >= 15 is 0 Å². The van der Waals surface area contributed by atoms with E-state index in [-0.39, 0.29) is 30.7 Å². The van der Waals surface area contributed by atoms with Crippen molar-refractivity contribution >= 4 is 33.2 Å². The molecule has 33 heavy (non-hydrogen) atoms. The molecule has 0 aliphatic rings. The predicted molar refractivity (Wildman–Crippen MR) is 133 cm³/mol. The largest absolute Gasteiger partial charge is 0.495 e. The number of methoxy groups -OCH3 is 1. The number of carbonyl (C=O) groups excluding carboxylic acids is 1. The highest BCUT2D eigenvalue weighted by Crippen LogP contribution is 2.35. The highest BCUT2D eigenvalue weighted by Gasteiger charge is 2.33. The van der Waals surface area contributed by atoms with Gasteiger partial charge in [0.15, 0.2) is 0 Å². The summed E-state index contributed by atoms with van der Waals surface area (Å²) in [5.41, 5.74) is 1.20. The molecule has 0 bridgehead atoms. The minimum Gasteiger partial charge on any atom is -0.495 e. The minimum atomic E-state index is -3.82. The van der Waals surface area contributed by atoms with Gasteiger partial charge in [-0.2, -0.15) is 0 Å². The zero-order valence-electron chi connectivity index (χ0n) is 20.0. The number of rotatable bonds is 10. The molecule has 0 heterocycles. The monoisotopic (exact) mass is 496 g/mol. The first-order valence-electron chi connectivity index (χ1n) is 10.7. The lowest BCUT2D eigenvalue weighted by molar-refractivity contribution is -0.122. The number of sulfonamides is 1. The molecule has 9 heteroatoms. The molecule has 0 saturated carbocycles. The molecule has 0 aliphatic heterocycles. The van der Waals surface area contributed by atoms with Gasteiger partial charge in [0.2, 0.25) is 15.9 Å². The van der Waals surface area contributed by atoms with Crippen LogP contribution in [0.1, 0.15) is 39.7 Å². The van der Waals surface area contributed by atoms with Crippen LogP contribution < -0.4 is 19.1 Å². The van der Waals surface area contributed by atoms with Gasteiger partial charge >= 0.3 is 0 Å². The Labute approximate surface area is 202 Å². The Morgan fingerprint density at radius 2 is 1.82 bits per heavy atom. The maximum absolute atomic E-state index is 13.0. The quantitative estimate of drug-likeness (QED) is 0.493. The Balaban J connectivity index is 2.16. The topological polar surface area (TPSA) is 84.9 Å². The third-order valence-electron chi connectivity index (χ3n) is 5.06. The second-order valence-corrected chi connectivity index (χ2v) is 11.0. The van der Waals surface area contributed by atoms with Gasteiger partial charge in [-0.1, -0.05) is 57.5 Å². The van der Waals surface area contributed by atoms with Crippen molar-refractivity contribution in [2.24, 2.45) is 0 Å². The lowest BCUT2D eigenvalue weighted by Crippen LogP contribution is -2.50. The Hall–Kier alpha value is -2.45. The average Bonchev–Trinajstić information content (AvgIpc) is 2.73. The number of amides is 1. The molecule has 0 spiro atoms. The van der Waals surface area contributed by atoms with Crippen molar-refractivity contribution in [3.63, 3.8) is 0 Å². The smallest absolute Gasteiger partial charge is 0.244 e. The fourth-order valence-electron chi connectivity index (χ4n) is 3.54. The SMILES string of the molecule is CCC(C(=O)NCCOc1ccccc1C(C)(C)C)N(c1cc(Cl)ccc1OC)S(C)(=O)=O. The molecule has 0 fully saturated rings. The molecule has 1 atom stereocenters. The fourth-order valence-corrected chi connectivity index (χ4v) is 4.91. The summed E-state index contributed by atoms with van der Waals surface area (Å²) in [5, 5.41) is 3.13. The summed E-state index contributed by atoms with van der Waals surface area (Å²) in [6.07, 6.45) is 1.30. The highest BCUT2D eigenvalue weighted by atomic mass is 35.5. The number of benzene rings is 2. The number of para-hydroxylation sites is 1. The molecular weight excluding hydrogens is 464 g/mol. The van der Waals surface area contributed by atoms with Gasteiger partial charge in [0.05, 0.1) is 25.6 Å². The maximum Gasteiger partial charge on any atom is 0.244 e. The van der Waals surface area contributed by atoms with Crippen LogP contribution in [0.15, 0.2) is 42.5 Å². The molecule has 0 radical (unpaired) electrons. The molecule has 1 amide bonds. The van der Waals surface area contributed by atoms with E-state index in [9.17, 15) is 13.2 Å². The van der Waals surface area contributed by atoms with E-state index in [0.717, 1.165) is 21.9 Å². The molecule has 0 aromatic heterocycles.